The van der Waals surface area contributed by atoms with Crippen molar-refractivity contribution in [1.29, 1.82) is 0 Å². The fraction of sp³-hybridized carbons (Fsp3) is 0. The third-order valence-corrected chi connectivity index (χ3v) is 2.07. The molecule has 0 saturated carbocycles. The molecule has 2 heteroatoms. The average molecular weight is 173 g/mol. The molecule has 1 aliphatic heterocycles. The molecule has 2 rings (SSSR count). The molecular weight excluding hydrogens is 166 g/mol. The normalized spacial score (nSPS) is 15.0. The predicted octanol–water partition coefficient (Wildman–Crippen LogP) is 2.48. The molecule has 0 amide bonds. The second-order valence-corrected chi connectivity index (χ2v) is 2.99. The van der Waals surface area contributed by atoms with Crippen LogP contribution < -0.4 is 0 Å². The van der Waals surface area contributed by atoms with Crippen molar-refractivity contribution >= 4 is 28.9 Å². The summed E-state index contributed by atoms with van der Waals surface area (Å²) < 4.78 is 0. The van der Waals surface area contributed by atoms with Crippen molar-refractivity contribution in [2.24, 2.45) is 4.99 Å². The molecular formula is C10H7NS. The van der Waals surface area contributed by atoms with Crippen molar-refractivity contribution in [1.82, 2.24) is 0 Å². The number of thiocarbonyl (C=S) groups is 1. The van der Waals surface area contributed by atoms with Crippen molar-refractivity contribution < 1.29 is 0 Å². The van der Waals surface area contributed by atoms with E-state index in [1.165, 1.54) is 0 Å². The molecule has 0 atom stereocenters. The van der Waals surface area contributed by atoms with Crippen molar-refractivity contribution in [2.45, 2.75) is 0 Å². The molecule has 0 radical (unpaired) electrons. The maximum atomic E-state index is 5.10. The lowest BCUT2D eigenvalue weighted by Crippen LogP contribution is -1.94. The molecule has 0 spiro atoms. The first kappa shape index (κ1) is 7.37. The molecule has 0 aliphatic carbocycles. The Morgan fingerprint density at radius 1 is 1.08 bits per heavy atom. The molecule has 1 heterocycles. The smallest absolute Gasteiger partial charge is 0.0653 e. The molecule has 1 aromatic rings. The van der Waals surface area contributed by atoms with Gasteiger partial charge in [0.2, 0.25) is 0 Å². The topological polar surface area (TPSA) is 12.4 Å². The quantitative estimate of drug-likeness (QED) is 0.594. The van der Waals surface area contributed by atoms with E-state index in [2.05, 4.69) is 4.99 Å². The van der Waals surface area contributed by atoms with E-state index < -0.39 is 0 Å². The monoisotopic (exact) mass is 173 g/mol. The number of benzene rings is 1. The Labute approximate surface area is 76.4 Å². The summed E-state index contributed by atoms with van der Waals surface area (Å²) in [6, 6.07) is 10.1. The summed E-state index contributed by atoms with van der Waals surface area (Å²) in [7, 11) is 0. The number of nitrogens with zero attached hydrogens (tertiary/aromatic N) is 1. The molecule has 1 aliphatic rings. The van der Waals surface area contributed by atoms with Crippen LogP contribution in [0.5, 0.6) is 0 Å². The van der Waals surface area contributed by atoms with Gasteiger partial charge >= 0.3 is 0 Å². The van der Waals surface area contributed by atoms with Gasteiger partial charge in [-0.3, -0.25) is 4.99 Å². The summed E-state index contributed by atoms with van der Waals surface area (Å²) in [6.07, 6.45) is 3.51. The minimum absolute atomic E-state index is 0.821. The third-order valence-electron chi connectivity index (χ3n) is 1.75. The van der Waals surface area contributed by atoms with Crippen LogP contribution in [0.2, 0.25) is 0 Å². The van der Waals surface area contributed by atoms with Crippen LogP contribution in [0.3, 0.4) is 0 Å². The first-order valence-electron chi connectivity index (χ1n) is 3.71. The highest BCUT2D eigenvalue weighted by Crippen LogP contribution is 2.18. The van der Waals surface area contributed by atoms with Crippen molar-refractivity contribution in [3.63, 3.8) is 0 Å². The van der Waals surface area contributed by atoms with Crippen LogP contribution in [0.25, 0.3) is 5.57 Å². The standard InChI is InChI=1S/C10H7NS/c12-10-7-11-6-9(10)8-4-2-1-3-5-8/h1-7H. The zero-order valence-electron chi connectivity index (χ0n) is 6.40. The van der Waals surface area contributed by atoms with E-state index in [0.717, 1.165) is 16.0 Å². The Hall–Kier alpha value is -1.28. The Bertz CT molecular complexity index is 363. The summed E-state index contributed by atoms with van der Waals surface area (Å²) >= 11 is 5.10. The maximum absolute atomic E-state index is 5.10. The SMILES string of the molecule is S=C1C=NC=C1c1ccccc1. The zero-order valence-corrected chi connectivity index (χ0v) is 7.21. The number of aliphatic imine (C=N–C) groups is 1. The van der Waals surface area contributed by atoms with Gasteiger partial charge in [-0.05, 0) is 5.56 Å². The molecule has 0 aromatic heterocycles. The van der Waals surface area contributed by atoms with Crippen LogP contribution >= 0.6 is 12.2 Å². The highest BCUT2D eigenvalue weighted by Gasteiger charge is 2.08. The van der Waals surface area contributed by atoms with E-state index in [4.69, 9.17) is 12.2 Å². The highest BCUT2D eigenvalue weighted by atomic mass is 32.1. The van der Waals surface area contributed by atoms with E-state index in [-0.39, 0.29) is 0 Å². The molecule has 0 bridgehead atoms. The van der Waals surface area contributed by atoms with Gasteiger partial charge in [0.15, 0.2) is 0 Å². The average Bonchev–Trinajstić information content (AvgIpc) is 2.53. The van der Waals surface area contributed by atoms with Gasteiger partial charge in [-0.2, -0.15) is 0 Å². The lowest BCUT2D eigenvalue weighted by Gasteiger charge is -1.99. The first-order chi connectivity index (χ1) is 5.88. The van der Waals surface area contributed by atoms with Crippen LogP contribution in [0.15, 0.2) is 41.5 Å². The van der Waals surface area contributed by atoms with Gasteiger partial charge < -0.3 is 0 Å². The van der Waals surface area contributed by atoms with Gasteiger partial charge in [0.1, 0.15) is 0 Å². The third kappa shape index (κ3) is 1.21. The van der Waals surface area contributed by atoms with Crippen LogP contribution in [0.1, 0.15) is 5.56 Å². The second-order valence-electron chi connectivity index (χ2n) is 2.55. The number of rotatable bonds is 1. The molecule has 0 saturated heterocycles. The van der Waals surface area contributed by atoms with Gasteiger partial charge in [-0.15, -0.1) is 0 Å². The predicted molar refractivity (Wildman–Crippen MR) is 55.5 cm³/mol. The molecule has 0 fully saturated rings. The molecule has 0 unspecified atom stereocenters. The Morgan fingerprint density at radius 2 is 1.83 bits per heavy atom. The number of allylic oxidation sites excluding steroid dienone is 1. The highest BCUT2D eigenvalue weighted by molar-refractivity contribution is 7.83. The summed E-state index contributed by atoms with van der Waals surface area (Å²) in [5.74, 6) is 0. The Morgan fingerprint density at radius 3 is 2.42 bits per heavy atom. The molecule has 1 aromatic carbocycles. The van der Waals surface area contributed by atoms with E-state index in [1.54, 1.807) is 12.4 Å². The van der Waals surface area contributed by atoms with Crippen LogP contribution in [0, 0.1) is 0 Å². The van der Waals surface area contributed by atoms with Gasteiger partial charge in [-0.1, -0.05) is 42.5 Å². The number of hydrogen-bond donors (Lipinski definition) is 0. The Balaban J connectivity index is 2.40. The zero-order chi connectivity index (χ0) is 8.39. The Kier molecular flexibility index (Phi) is 1.84. The fourth-order valence-corrected chi connectivity index (χ4v) is 1.38. The molecule has 1 nitrogen and oxygen atoms in total. The first-order valence-corrected chi connectivity index (χ1v) is 4.12. The summed E-state index contributed by atoms with van der Waals surface area (Å²) in [4.78, 5) is 4.81. The van der Waals surface area contributed by atoms with Crippen molar-refractivity contribution in [2.75, 3.05) is 0 Å². The summed E-state index contributed by atoms with van der Waals surface area (Å²) in [6.45, 7) is 0. The summed E-state index contributed by atoms with van der Waals surface area (Å²) in [5.41, 5.74) is 2.19. The molecule has 0 N–H and O–H groups in total. The van der Waals surface area contributed by atoms with Gasteiger partial charge in [-0.25, -0.2) is 0 Å². The van der Waals surface area contributed by atoms with E-state index in [1.807, 2.05) is 30.3 Å². The lowest BCUT2D eigenvalue weighted by molar-refractivity contribution is 1.60. The minimum atomic E-state index is 0.821. The van der Waals surface area contributed by atoms with Crippen molar-refractivity contribution in [3.05, 3.63) is 42.1 Å². The lowest BCUT2D eigenvalue weighted by atomic mass is 10.1. The largest absolute Gasteiger partial charge is 0.263 e. The van der Waals surface area contributed by atoms with E-state index in [9.17, 15) is 0 Å². The van der Waals surface area contributed by atoms with E-state index in [0.29, 0.717) is 0 Å². The van der Waals surface area contributed by atoms with Gasteiger partial charge in [0.05, 0.1) is 4.86 Å². The minimum Gasteiger partial charge on any atom is -0.263 e. The number of hydrogen-bond acceptors (Lipinski definition) is 2. The maximum Gasteiger partial charge on any atom is 0.0653 e. The molecule has 12 heavy (non-hydrogen) atoms. The van der Waals surface area contributed by atoms with Crippen LogP contribution in [0.4, 0.5) is 0 Å². The van der Waals surface area contributed by atoms with Crippen LogP contribution in [-0.2, 0) is 0 Å². The van der Waals surface area contributed by atoms with Crippen molar-refractivity contribution in [3.8, 4) is 0 Å². The second kappa shape index (κ2) is 2.99. The molecule has 58 valence electrons. The summed E-state index contributed by atoms with van der Waals surface area (Å²) in [5, 5.41) is 0. The van der Waals surface area contributed by atoms with Gasteiger partial charge in [0, 0.05) is 18.0 Å². The van der Waals surface area contributed by atoms with E-state index >= 15 is 0 Å². The fourth-order valence-electron chi connectivity index (χ4n) is 1.15. The van der Waals surface area contributed by atoms with Crippen LogP contribution in [-0.4, -0.2) is 11.1 Å². The van der Waals surface area contributed by atoms with Gasteiger partial charge in [0.25, 0.3) is 0 Å².